The van der Waals surface area contributed by atoms with Crippen LogP contribution in [-0.4, -0.2) is 32.2 Å². The molecule has 110 valence electrons. The van der Waals surface area contributed by atoms with E-state index in [0.717, 1.165) is 18.0 Å². The molecule has 9 nitrogen and oxygen atoms in total. The maximum absolute atomic E-state index is 12.2. The molecule has 0 aliphatic carbocycles. The number of nitrogens with zero attached hydrogens (tertiary/aromatic N) is 4. The summed E-state index contributed by atoms with van der Waals surface area (Å²) in [6.07, 6.45) is 0.771. The second-order valence-corrected chi connectivity index (χ2v) is 4.74. The molecular weight excluding hydrogens is 296 g/mol. The zero-order chi connectivity index (χ0) is 15.2. The Bertz CT molecular complexity index is 645. The molecule has 0 fully saturated rings. The minimum absolute atomic E-state index is 0.147. The van der Waals surface area contributed by atoms with Crippen LogP contribution in [-0.2, 0) is 0 Å². The Hall–Kier alpha value is -2.62. The summed E-state index contributed by atoms with van der Waals surface area (Å²) in [7, 11) is 0. The third-order valence-corrected chi connectivity index (χ3v) is 3.07. The molecule has 0 saturated carbocycles. The predicted octanol–water partition coefficient (Wildman–Crippen LogP) is 1.92. The number of hydrogen-bond acceptors (Lipinski definition) is 8. The molecule has 0 aliphatic rings. The number of nitrogens with one attached hydrogen (secondary N) is 2. The number of benzene rings is 1. The lowest BCUT2D eigenvalue weighted by Crippen LogP contribution is -2.16. The Labute approximate surface area is 123 Å². The number of carbonyl (C=O) groups excluding carboxylic acids is 1. The van der Waals surface area contributed by atoms with Gasteiger partial charge in [0.05, 0.1) is 10.5 Å². The molecule has 0 aliphatic heterocycles. The topological polar surface area (TPSA) is 123 Å². The van der Waals surface area contributed by atoms with E-state index in [4.69, 9.17) is 0 Å². The number of anilines is 2. The minimum atomic E-state index is -0.527. The maximum Gasteiger partial charge on any atom is 0.293 e. The first-order valence-electron chi connectivity index (χ1n) is 6.11. The summed E-state index contributed by atoms with van der Waals surface area (Å²) in [5.74, 6) is -0.504. The molecule has 0 saturated heterocycles. The van der Waals surface area contributed by atoms with E-state index in [-0.39, 0.29) is 22.1 Å². The zero-order valence-corrected chi connectivity index (χ0v) is 11.9. The van der Waals surface area contributed by atoms with E-state index in [1.807, 2.05) is 6.92 Å². The molecule has 0 atom stereocenters. The third kappa shape index (κ3) is 3.48. The highest BCUT2D eigenvalue weighted by Gasteiger charge is 2.21. The van der Waals surface area contributed by atoms with Gasteiger partial charge in [0.25, 0.3) is 11.6 Å². The molecule has 0 bridgehead atoms. The fourth-order valence-electron chi connectivity index (χ4n) is 1.66. The zero-order valence-electron chi connectivity index (χ0n) is 11.1. The summed E-state index contributed by atoms with van der Waals surface area (Å²) in [5, 5.41) is 23.7. The molecule has 10 heteroatoms. The molecule has 1 heterocycles. The van der Waals surface area contributed by atoms with Crippen LogP contribution in [0.4, 0.5) is 16.5 Å². The summed E-state index contributed by atoms with van der Waals surface area (Å²) in [5.41, 5.74) is 0.221. The van der Waals surface area contributed by atoms with E-state index in [1.165, 1.54) is 18.2 Å². The molecule has 1 aromatic carbocycles. The monoisotopic (exact) mass is 308 g/mol. The average Bonchev–Trinajstić information content (AvgIpc) is 2.97. The number of hydrogen-bond donors (Lipinski definition) is 2. The highest BCUT2D eigenvalue weighted by molar-refractivity contribution is 7.09. The number of rotatable bonds is 6. The second kappa shape index (κ2) is 6.70. The van der Waals surface area contributed by atoms with Crippen LogP contribution in [0.15, 0.2) is 18.2 Å². The van der Waals surface area contributed by atoms with Crippen molar-refractivity contribution in [3.8, 4) is 0 Å². The van der Waals surface area contributed by atoms with Crippen LogP contribution >= 0.6 is 11.5 Å². The van der Waals surface area contributed by atoms with Gasteiger partial charge in [-0.05, 0) is 17.7 Å². The molecule has 1 amide bonds. The molecule has 2 N–H and O–H groups in total. The van der Waals surface area contributed by atoms with Gasteiger partial charge >= 0.3 is 0 Å². The van der Waals surface area contributed by atoms with Crippen LogP contribution in [0.2, 0.25) is 0 Å². The number of para-hydroxylation sites is 1. The van der Waals surface area contributed by atoms with Crippen LogP contribution in [0, 0.1) is 10.1 Å². The average molecular weight is 308 g/mol. The standard InChI is InChI=1S/C11H12N6O3S/c1-2-6-12-9-7(4-3-5-8(9)17(19)20)10(18)13-11-14-15-16-21-11/h3-5,12H,2,6H2,1H3,(H,13,14,16,18). The van der Waals surface area contributed by atoms with Crippen LogP contribution in [0.25, 0.3) is 0 Å². The SMILES string of the molecule is CCCNc1c(C(=O)Nc2nnns2)cccc1[N+](=O)[O-]. The van der Waals surface area contributed by atoms with Crippen molar-refractivity contribution in [1.29, 1.82) is 0 Å². The van der Waals surface area contributed by atoms with E-state index in [9.17, 15) is 14.9 Å². The Morgan fingerprint density at radius 1 is 1.48 bits per heavy atom. The number of nitro groups is 1. The molecule has 2 aromatic rings. The van der Waals surface area contributed by atoms with Crippen molar-refractivity contribution in [3.63, 3.8) is 0 Å². The largest absolute Gasteiger partial charge is 0.379 e. The van der Waals surface area contributed by atoms with Crippen molar-refractivity contribution >= 4 is 33.9 Å². The van der Waals surface area contributed by atoms with Gasteiger partial charge in [0.15, 0.2) is 0 Å². The Morgan fingerprint density at radius 3 is 2.90 bits per heavy atom. The summed E-state index contributed by atoms with van der Waals surface area (Å²) in [4.78, 5) is 22.8. The fraction of sp³-hybridized carbons (Fsp3) is 0.273. The molecule has 21 heavy (non-hydrogen) atoms. The Kier molecular flexibility index (Phi) is 4.72. The van der Waals surface area contributed by atoms with E-state index < -0.39 is 10.8 Å². The summed E-state index contributed by atoms with van der Waals surface area (Å²) >= 11 is 0.922. The first-order chi connectivity index (χ1) is 10.1. The van der Waals surface area contributed by atoms with Gasteiger partial charge in [-0.3, -0.25) is 20.2 Å². The highest BCUT2D eigenvalue weighted by Crippen LogP contribution is 2.29. The van der Waals surface area contributed by atoms with E-state index in [2.05, 4.69) is 25.4 Å². The van der Waals surface area contributed by atoms with Crippen LogP contribution in [0.3, 0.4) is 0 Å². The van der Waals surface area contributed by atoms with Gasteiger partial charge in [-0.2, -0.15) is 0 Å². The van der Waals surface area contributed by atoms with Crippen molar-refractivity contribution in [2.45, 2.75) is 13.3 Å². The third-order valence-electron chi connectivity index (χ3n) is 2.56. The van der Waals surface area contributed by atoms with Gasteiger partial charge in [-0.25, -0.2) is 0 Å². The lowest BCUT2D eigenvalue weighted by molar-refractivity contribution is -0.384. The lowest BCUT2D eigenvalue weighted by Gasteiger charge is -2.10. The minimum Gasteiger partial charge on any atom is -0.379 e. The highest BCUT2D eigenvalue weighted by atomic mass is 32.1. The van der Waals surface area contributed by atoms with Crippen LogP contribution < -0.4 is 10.6 Å². The predicted molar refractivity (Wildman–Crippen MR) is 77.5 cm³/mol. The Morgan fingerprint density at radius 2 is 2.29 bits per heavy atom. The van der Waals surface area contributed by atoms with E-state index in [1.54, 1.807) is 0 Å². The summed E-state index contributed by atoms with van der Waals surface area (Å²) in [6, 6.07) is 4.32. The van der Waals surface area contributed by atoms with E-state index >= 15 is 0 Å². The number of nitro benzene ring substituents is 1. The first kappa shape index (κ1) is 14.8. The van der Waals surface area contributed by atoms with Crippen molar-refractivity contribution in [2.24, 2.45) is 0 Å². The van der Waals surface area contributed by atoms with Gasteiger partial charge < -0.3 is 5.32 Å². The van der Waals surface area contributed by atoms with Crippen molar-refractivity contribution in [3.05, 3.63) is 33.9 Å². The first-order valence-corrected chi connectivity index (χ1v) is 6.88. The molecule has 0 radical (unpaired) electrons. The number of aromatic nitrogens is 3. The van der Waals surface area contributed by atoms with Crippen molar-refractivity contribution in [2.75, 3.05) is 17.2 Å². The number of carbonyl (C=O) groups is 1. The normalized spacial score (nSPS) is 10.1. The van der Waals surface area contributed by atoms with Crippen molar-refractivity contribution < 1.29 is 9.72 Å². The summed E-state index contributed by atoms with van der Waals surface area (Å²) in [6.45, 7) is 2.44. The smallest absolute Gasteiger partial charge is 0.293 e. The molecule has 0 spiro atoms. The van der Waals surface area contributed by atoms with E-state index in [0.29, 0.717) is 6.54 Å². The quantitative estimate of drug-likeness (QED) is 0.617. The Balaban J connectivity index is 2.34. The lowest BCUT2D eigenvalue weighted by atomic mass is 10.1. The van der Waals surface area contributed by atoms with Gasteiger partial charge in [0.1, 0.15) is 5.69 Å². The maximum atomic E-state index is 12.2. The van der Waals surface area contributed by atoms with Gasteiger partial charge in [0, 0.05) is 24.1 Å². The second-order valence-electron chi connectivity index (χ2n) is 4.01. The van der Waals surface area contributed by atoms with Crippen molar-refractivity contribution in [1.82, 2.24) is 14.8 Å². The van der Waals surface area contributed by atoms with Gasteiger partial charge in [0.2, 0.25) is 5.13 Å². The van der Waals surface area contributed by atoms with Crippen LogP contribution in [0.1, 0.15) is 23.7 Å². The van der Waals surface area contributed by atoms with Gasteiger partial charge in [-0.15, -0.1) is 0 Å². The van der Waals surface area contributed by atoms with Gasteiger partial charge in [-0.1, -0.05) is 22.6 Å². The molecular formula is C11H12N6O3S. The molecule has 1 aromatic heterocycles. The molecule has 0 unspecified atom stereocenters. The molecule has 2 rings (SSSR count). The summed E-state index contributed by atoms with van der Waals surface area (Å²) < 4.78 is 3.53. The van der Waals surface area contributed by atoms with Crippen LogP contribution in [0.5, 0.6) is 0 Å². The fourth-order valence-corrected chi connectivity index (χ4v) is 2.03. The number of amides is 1.